The average Bonchev–Trinajstić information content (AvgIpc) is 2.25. The molecule has 0 radical (unpaired) electrons. The molecule has 0 aromatic carbocycles. The van der Waals surface area contributed by atoms with Crippen molar-refractivity contribution in [2.45, 2.75) is 74.0 Å². The molecule has 16 heavy (non-hydrogen) atoms. The summed E-state index contributed by atoms with van der Waals surface area (Å²) in [5.41, 5.74) is 0. The van der Waals surface area contributed by atoms with Crippen LogP contribution in [0.3, 0.4) is 0 Å². The van der Waals surface area contributed by atoms with E-state index in [1.54, 1.807) is 0 Å². The van der Waals surface area contributed by atoms with Crippen molar-refractivity contribution in [3.05, 3.63) is 0 Å². The fourth-order valence-corrected chi connectivity index (χ4v) is 3.19. The van der Waals surface area contributed by atoms with Gasteiger partial charge in [0.25, 0.3) is 0 Å². The Hall–Kier alpha value is 0.500. The molecule has 0 saturated heterocycles. The fourth-order valence-electron chi connectivity index (χ4n) is 2.63. The van der Waals surface area contributed by atoms with E-state index in [-0.39, 0.29) is 17.6 Å². The van der Waals surface area contributed by atoms with Crippen LogP contribution < -0.4 is 0 Å². The van der Waals surface area contributed by atoms with Crippen LogP contribution in [0.4, 0.5) is 0 Å². The number of halogens is 2. The highest BCUT2D eigenvalue weighted by Gasteiger charge is 2.31. The van der Waals surface area contributed by atoms with Crippen LogP contribution in [0.5, 0.6) is 0 Å². The van der Waals surface area contributed by atoms with E-state index in [1.807, 2.05) is 0 Å². The zero-order valence-electron chi connectivity index (χ0n) is 9.45. The maximum Gasteiger partial charge on any atom is 0.0838 e. The van der Waals surface area contributed by atoms with Crippen LogP contribution in [0, 0.1) is 0 Å². The maximum absolute atomic E-state index is 9.89. The Morgan fingerprint density at radius 2 is 1.50 bits per heavy atom. The third kappa shape index (κ3) is 3.49. The molecular weight excluding hydrogens is 247 g/mol. The van der Waals surface area contributed by atoms with Gasteiger partial charge in [0.15, 0.2) is 0 Å². The number of rotatable bonds is 2. The number of ether oxygens (including phenoxy) is 1. The highest BCUT2D eigenvalue weighted by molar-refractivity contribution is 6.20. The van der Waals surface area contributed by atoms with Crippen molar-refractivity contribution in [1.29, 1.82) is 0 Å². The van der Waals surface area contributed by atoms with E-state index in [0.717, 1.165) is 38.5 Å². The quantitative estimate of drug-likeness (QED) is 0.779. The maximum atomic E-state index is 9.89. The van der Waals surface area contributed by atoms with E-state index >= 15 is 0 Å². The van der Waals surface area contributed by atoms with Crippen LogP contribution in [0.15, 0.2) is 0 Å². The number of alkyl halides is 2. The van der Waals surface area contributed by atoms with Gasteiger partial charge < -0.3 is 9.84 Å². The van der Waals surface area contributed by atoms with Crippen LogP contribution in [-0.2, 0) is 4.74 Å². The molecule has 3 atom stereocenters. The normalized spacial score (nSPS) is 45.6. The van der Waals surface area contributed by atoms with Gasteiger partial charge in [-0.05, 0) is 44.9 Å². The lowest BCUT2D eigenvalue weighted by molar-refractivity contribution is -0.102. The van der Waals surface area contributed by atoms with Gasteiger partial charge in [0.1, 0.15) is 0 Å². The second-order valence-corrected chi connectivity index (χ2v) is 6.26. The molecule has 2 fully saturated rings. The van der Waals surface area contributed by atoms with Crippen molar-refractivity contribution in [3.63, 3.8) is 0 Å². The molecular formula is C12H20Cl2O2. The highest BCUT2D eigenvalue weighted by atomic mass is 35.5. The summed E-state index contributed by atoms with van der Waals surface area (Å²) in [6.07, 6.45) is 6.53. The second kappa shape index (κ2) is 5.90. The molecule has 2 nitrogen and oxygen atoms in total. The Morgan fingerprint density at radius 1 is 0.875 bits per heavy atom. The number of aliphatic hydroxyl groups excluding tert-OH is 1. The van der Waals surface area contributed by atoms with Crippen molar-refractivity contribution < 1.29 is 9.84 Å². The van der Waals surface area contributed by atoms with Gasteiger partial charge in [0, 0.05) is 10.8 Å². The predicted octanol–water partition coefficient (Wildman–Crippen LogP) is 3.07. The van der Waals surface area contributed by atoms with Crippen LogP contribution in [0.25, 0.3) is 0 Å². The highest BCUT2D eigenvalue weighted by Crippen LogP contribution is 2.30. The lowest BCUT2D eigenvalue weighted by Crippen LogP contribution is -2.39. The molecule has 94 valence electrons. The van der Waals surface area contributed by atoms with Crippen molar-refractivity contribution in [2.75, 3.05) is 0 Å². The molecule has 0 aliphatic heterocycles. The molecule has 0 heterocycles. The molecule has 0 spiro atoms. The minimum Gasteiger partial charge on any atom is -0.390 e. The number of hydrogen-bond acceptors (Lipinski definition) is 2. The molecule has 2 saturated carbocycles. The first-order valence-electron chi connectivity index (χ1n) is 6.27. The summed E-state index contributed by atoms with van der Waals surface area (Å²) >= 11 is 12.1. The molecule has 1 N–H and O–H groups in total. The van der Waals surface area contributed by atoms with E-state index in [2.05, 4.69) is 0 Å². The standard InChI is InChI=1S/C12H20Cl2O2/c13-8-1-4-10(5-2-8)16-12-6-3-9(14)7-11(12)15/h8-12,15H,1-7H2. The summed E-state index contributed by atoms with van der Waals surface area (Å²) in [5, 5.41) is 10.3. The number of aliphatic hydroxyl groups is 1. The molecule has 0 aromatic heterocycles. The Bertz CT molecular complexity index is 217. The Balaban J connectivity index is 1.76. The lowest BCUT2D eigenvalue weighted by Gasteiger charge is -2.35. The van der Waals surface area contributed by atoms with Gasteiger partial charge in [-0.1, -0.05) is 0 Å². The molecule has 2 aliphatic carbocycles. The smallest absolute Gasteiger partial charge is 0.0838 e. The first-order chi connectivity index (χ1) is 7.65. The van der Waals surface area contributed by atoms with Gasteiger partial charge in [0.05, 0.1) is 18.3 Å². The van der Waals surface area contributed by atoms with Gasteiger partial charge in [-0.3, -0.25) is 0 Å². The largest absolute Gasteiger partial charge is 0.390 e. The fraction of sp³-hybridized carbons (Fsp3) is 1.00. The zero-order valence-corrected chi connectivity index (χ0v) is 11.0. The summed E-state index contributed by atoms with van der Waals surface area (Å²) in [7, 11) is 0. The molecule has 0 bridgehead atoms. The van der Waals surface area contributed by atoms with Gasteiger partial charge in [-0.2, -0.15) is 0 Å². The molecule has 4 heteroatoms. The van der Waals surface area contributed by atoms with Crippen molar-refractivity contribution in [3.8, 4) is 0 Å². The second-order valence-electron chi connectivity index (χ2n) is 5.03. The summed E-state index contributed by atoms with van der Waals surface area (Å²) < 4.78 is 5.97. The first kappa shape index (κ1) is 12.9. The van der Waals surface area contributed by atoms with E-state index in [1.165, 1.54) is 0 Å². The van der Waals surface area contributed by atoms with Crippen molar-refractivity contribution >= 4 is 23.2 Å². The van der Waals surface area contributed by atoms with Gasteiger partial charge >= 0.3 is 0 Å². The molecule has 2 aliphatic rings. The van der Waals surface area contributed by atoms with Gasteiger partial charge in [0.2, 0.25) is 0 Å². The van der Waals surface area contributed by atoms with E-state index in [9.17, 15) is 5.11 Å². The first-order valence-corrected chi connectivity index (χ1v) is 7.14. The van der Waals surface area contributed by atoms with E-state index in [0.29, 0.717) is 17.9 Å². The summed E-state index contributed by atoms with van der Waals surface area (Å²) in [6.45, 7) is 0. The van der Waals surface area contributed by atoms with Gasteiger partial charge in [-0.25, -0.2) is 0 Å². The Labute approximate surface area is 107 Å². The predicted molar refractivity (Wildman–Crippen MR) is 66.3 cm³/mol. The number of hydrogen-bond donors (Lipinski definition) is 1. The average molecular weight is 267 g/mol. The van der Waals surface area contributed by atoms with Crippen molar-refractivity contribution in [1.82, 2.24) is 0 Å². The lowest BCUT2D eigenvalue weighted by atomic mass is 9.92. The van der Waals surface area contributed by atoms with E-state index < -0.39 is 0 Å². The van der Waals surface area contributed by atoms with Gasteiger partial charge in [-0.15, -0.1) is 23.2 Å². The molecule has 3 unspecified atom stereocenters. The topological polar surface area (TPSA) is 29.5 Å². The minimum absolute atomic E-state index is 0.00752. The van der Waals surface area contributed by atoms with Crippen LogP contribution in [0.1, 0.15) is 44.9 Å². The summed E-state index contributed by atoms with van der Waals surface area (Å²) in [6, 6.07) is 0. The van der Waals surface area contributed by atoms with Crippen LogP contribution in [0.2, 0.25) is 0 Å². The summed E-state index contributed by atoms with van der Waals surface area (Å²) in [5.74, 6) is 0. The minimum atomic E-state index is -0.384. The SMILES string of the molecule is OC1CC(Cl)CCC1OC1CCC(Cl)CC1. The van der Waals surface area contributed by atoms with Crippen LogP contribution in [-0.4, -0.2) is 34.2 Å². The zero-order chi connectivity index (χ0) is 11.5. The Morgan fingerprint density at radius 3 is 2.12 bits per heavy atom. The third-order valence-electron chi connectivity index (χ3n) is 3.66. The molecule has 0 amide bonds. The monoisotopic (exact) mass is 266 g/mol. The molecule has 0 aromatic rings. The third-order valence-corrected chi connectivity index (χ3v) is 4.49. The Kier molecular flexibility index (Phi) is 4.77. The molecule has 2 rings (SSSR count). The van der Waals surface area contributed by atoms with E-state index in [4.69, 9.17) is 27.9 Å². The van der Waals surface area contributed by atoms with Crippen LogP contribution >= 0.6 is 23.2 Å². The van der Waals surface area contributed by atoms with Crippen molar-refractivity contribution in [2.24, 2.45) is 0 Å². The summed E-state index contributed by atoms with van der Waals surface area (Å²) in [4.78, 5) is 0.